The Morgan fingerprint density at radius 1 is 1.43 bits per heavy atom. The molecule has 2 heterocycles. The Balaban J connectivity index is 2.06. The van der Waals surface area contributed by atoms with E-state index in [9.17, 15) is 0 Å². The van der Waals surface area contributed by atoms with Crippen molar-refractivity contribution >= 4 is 11.5 Å². The number of nitrogens with zero attached hydrogens (tertiary/aromatic N) is 2. The molecule has 1 aliphatic heterocycles. The zero-order valence-corrected chi connectivity index (χ0v) is 13.3. The van der Waals surface area contributed by atoms with Gasteiger partial charge in [0.15, 0.2) is 0 Å². The van der Waals surface area contributed by atoms with Crippen LogP contribution in [0.1, 0.15) is 40.0 Å². The summed E-state index contributed by atoms with van der Waals surface area (Å²) in [7, 11) is 0. The van der Waals surface area contributed by atoms with Crippen molar-refractivity contribution in [2.45, 2.75) is 52.2 Å². The average Bonchev–Trinajstić information content (AvgIpc) is 2.47. The van der Waals surface area contributed by atoms with Crippen molar-refractivity contribution < 1.29 is 9.47 Å². The van der Waals surface area contributed by atoms with E-state index in [1.807, 2.05) is 26.0 Å². The number of hydrogen-bond donors (Lipinski definition) is 1. The third-order valence-corrected chi connectivity index (χ3v) is 3.48. The molecule has 1 atom stereocenters. The molecule has 1 aromatic heterocycles. The molecular formula is C16H27N3O2. The molecule has 0 spiro atoms. The third-order valence-electron chi connectivity index (χ3n) is 3.48. The Morgan fingerprint density at radius 2 is 2.24 bits per heavy atom. The molecular weight excluding hydrogens is 266 g/mol. The largest absolute Gasteiger partial charge is 0.473 e. The van der Waals surface area contributed by atoms with Gasteiger partial charge in [0.25, 0.3) is 0 Å². The second-order valence-corrected chi connectivity index (χ2v) is 5.81. The Kier molecular flexibility index (Phi) is 5.67. The van der Waals surface area contributed by atoms with Gasteiger partial charge < -0.3 is 20.1 Å². The quantitative estimate of drug-likeness (QED) is 0.874. The Bertz CT molecular complexity index is 451. The molecule has 1 fully saturated rings. The van der Waals surface area contributed by atoms with E-state index in [0.717, 1.165) is 44.8 Å². The highest BCUT2D eigenvalue weighted by Crippen LogP contribution is 2.26. The van der Waals surface area contributed by atoms with Crippen molar-refractivity contribution in [2.75, 3.05) is 30.3 Å². The van der Waals surface area contributed by atoms with Crippen LogP contribution in [0.3, 0.4) is 0 Å². The maximum Gasteiger partial charge on any atom is 0.239 e. The smallest absolute Gasteiger partial charge is 0.239 e. The molecule has 0 aliphatic carbocycles. The van der Waals surface area contributed by atoms with Gasteiger partial charge in [-0.3, -0.25) is 0 Å². The van der Waals surface area contributed by atoms with Crippen LogP contribution < -0.4 is 15.4 Å². The highest BCUT2D eigenvalue weighted by molar-refractivity contribution is 5.54. The molecule has 118 valence electrons. The first-order chi connectivity index (χ1) is 10.1. The normalized spacial score (nSPS) is 19.0. The van der Waals surface area contributed by atoms with Crippen LogP contribution in [-0.2, 0) is 4.74 Å². The predicted octanol–water partition coefficient (Wildman–Crippen LogP) is 2.85. The SMILES string of the molecule is CCCOC1CCCN(c2ccc(N)c(OC(C)C)n2)C1. The zero-order valence-electron chi connectivity index (χ0n) is 13.3. The standard InChI is InChI=1S/C16H27N3O2/c1-4-10-20-13-6-5-9-19(11-13)15-8-7-14(17)16(18-15)21-12(2)3/h7-8,12-13H,4-6,9-11,17H2,1-3H3. The fourth-order valence-corrected chi connectivity index (χ4v) is 2.50. The number of nitrogens with two attached hydrogens (primary N) is 1. The monoisotopic (exact) mass is 293 g/mol. The molecule has 5 heteroatoms. The number of ether oxygens (including phenoxy) is 2. The van der Waals surface area contributed by atoms with Crippen LogP contribution in [0.25, 0.3) is 0 Å². The fourth-order valence-electron chi connectivity index (χ4n) is 2.50. The Hall–Kier alpha value is -1.49. The first-order valence-electron chi connectivity index (χ1n) is 7.90. The number of pyridine rings is 1. The Labute approximate surface area is 127 Å². The van der Waals surface area contributed by atoms with Crippen LogP contribution in [0.15, 0.2) is 12.1 Å². The average molecular weight is 293 g/mol. The fraction of sp³-hybridized carbons (Fsp3) is 0.688. The van der Waals surface area contributed by atoms with Crippen molar-refractivity contribution in [1.29, 1.82) is 0 Å². The molecule has 0 saturated carbocycles. The summed E-state index contributed by atoms with van der Waals surface area (Å²) < 4.78 is 11.6. The van der Waals surface area contributed by atoms with Gasteiger partial charge in [-0.25, -0.2) is 0 Å². The summed E-state index contributed by atoms with van der Waals surface area (Å²) in [5.41, 5.74) is 6.52. The van der Waals surface area contributed by atoms with Crippen molar-refractivity contribution in [3.8, 4) is 5.88 Å². The molecule has 2 rings (SSSR count). The number of nitrogen functional groups attached to an aromatic ring is 1. The first kappa shape index (κ1) is 15.9. The van der Waals surface area contributed by atoms with Gasteiger partial charge in [-0.05, 0) is 45.2 Å². The number of aromatic nitrogens is 1. The van der Waals surface area contributed by atoms with Gasteiger partial charge in [0.05, 0.1) is 17.9 Å². The van der Waals surface area contributed by atoms with E-state index in [-0.39, 0.29) is 6.10 Å². The van der Waals surface area contributed by atoms with E-state index in [2.05, 4.69) is 16.8 Å². The van der Waals surface area contributed by atoms with Gasteiger partial charge in [0.1, 0.15) is 5.82 Å². The second kappa shape index (κ2) is 7.50. The molecule has 0 bridgehead atoms. The summed E-state index contributed by atoms with van der Waals surface area (Å²) in [5, 5.41) is 0. The van der Waals surface area contributed by atoms with Crippen LogP contribution in [0.5, 0.6) is 5.88 Å². The lowest BCUT2D eigenvalue weighted by Gasteiger charge is -2.33. The maximum atomic E-state index is 5.93. The molecule has 2 N–H and O–H groups in total. The van der Waals surface area contributed by atoms with Crippen molar-refractivity contribution in [3.05, 3.63) is 12.1 Å². The first-order valence-corrected chi connectivity index (χ1v) is 7.90. The number of anilines is 2. The van der Waals surface area contributed by atoms with Gasteiger partial charge in [0.2, 0.25) is 5.88 Å². The Morgan fingerprint density at radius 3 is 2.95 bits per heavy atom. The van der Waals surface area contributed by atoms with Gasteiger partial charge in [0, 0.05) is 19.7 Å². The number of hydrogen-bond acceptors (Lipinski definition) is 5. The number of rotatable bonds is 6. The third kappa shape index (κ3) is 4.49. The highest BCUT2D eigenvalue weighted by atomic mass is 16.5. The molecule has 5 nitrogen and oxygen atoms in total. The van der Waals surface area contributed by atoms with Gasteiger partial charge in [-0.2, -0.15) is 4.98 Å². The molecule has 1 aromatic rings. The van der Waals surface area contributed by atoms with E-state index in [1.165, 1.54) is 0 Å². The molecule has 1 unspecified atom stereocenters. The van der Waals surface area contributed by atoms with Crippen LogP contribution >= 0.6 is 0 Å². The minimum Gasteiger partial charge on any atom is -0.473 e. The summed E-state index contributed by atoms with van der Waals surface area (Å²) in [6.07, 6.45) is 3.68. The molecule has 0 amide bonds. The number of piperidine rings is 1. The van der Waals surface area contributed by atoms with E-state index >= 15 is 0 Å². The van der Waals surface area contributed by atoms with E-state index in [1.54, 1.807) is 0 Å². The molecule has 0 aromatic carbocycles. The van der Waals surface area contributed by atoms with E-state index in [0.29, 0.717) is 17.7 Å². The summed E-state index contributed by atoms with van der Waals surface area (Å²) in [5.74, 6) is 1.45. The summed E-state index contributed by atoms with van der Waals surface area (Å²) in [6.45, 7) is 8.81. The van der Waals surface area contributed by atoms with Gasteiger partial charge >= 0.3 is 0 Å². The lowest BCUT2D eigenvalue weighted by molar-refractivity contribution is 0.0439. The lowest BCUT2D eigenvalue weighted by Crippen LogP contribution is -2.40. The highest BCUT2D eigenvalue weighted by Gasteiger charge is 2.22. The topological polar surface area (TPSA) is 60.6 Å². The van der Waals surface area contributed by atoms with Crippen LogP contribution in [0.2, 0.25) is 0 Å². The maximum absolute atomic E-state index is 5.93. The molecule has 1 aliphatic rings. The predicted molar refractivity (Wildman–Crippen MR) is 85.9 cm³/mol. The van der Waals surface area contributed by atoms with Crippen LogP contribution in [0.4, 0.5) is 11.5 Å². The van der Waals surface area contributed by atoms with Crippen LogP contribution in [0, 0.1) is 0 Å². The molecule has 0 radical (unpaired) electrons. The molecule has 1 saturated heterocycles. The van der Waals surface area contributed by atoms with E-state index in [4.69, 9.17) is 15.2 Å². The lowest BCUT2D eigenvalue weighted by atomic mass is 10.1. The summed E-state index contributed by atoms with van der Waals surface area (Å²) in [4.78, 5) is 6.83. The summed E-state index contributed by atoms with van der Waals surface area (Å²) in [6, 6.07) is 3.83. The minimum atomic E-state index is 0.0667. The zero-order chi connectivity index (χ0) is 15.2. The second-order valence-electron chi connectivity index (χ2n) is 5.81. The summed E-state index contributed by atoms with van der Waals surface area (Å²) >= 11 is 0. The van der Waals surface area contributed by atoms with Crippen molar-refractivity contribution in [2.24, 2.45) is 0 Å². The van der Waals surface area contributed by atoms with Crippen molar-refractivity contribution in [3.63, 3.8) is 0 Å². The van der Waals surface area contributed by atoms with E-state index < -0.39 is 0 Å². The van der Waals surface area contributed by atoms with Crippen LogP contribution in [-0.4, -0.2) is 36.9 Å². The van der Waals surface area contributed by atoms with Gasteiger partial charge in [-0.1, -0.05) is 6.92 Å². The van der Waals surface area contributed by atoms with Crippen molar-refractivity contribution in [1.82, 2.24) is 4.98 Å². The molecule has 21 heavy (non-hydrogen) atoms. The minimum absolute atomic E-state index is 0.0667. The van der Waals surface area contributed by atoms with Gasteiger partial charge in [-0.15, -0.1) is 0 Å².